The van der Waals surface area contributed by atoms with Crippen LogP contribution in [0.3, 0.4) is 0 Å². The van der Waals surface area contributed by atoms with E-state index in [4.69, 9.17) is 4.74 Å². The molecule has 1 saturated heterocycles. The summed E-state index contributed by atoms with van der Waals surface area (Å²) >= 11 is 0. The molecule has 0 spiro atoms. The SMILES string of the molecule is COc1ccc(CN2CC[C@@H](O)[C@](CCC(C)C)(C(=O)O)C2)cc1O. The number of methoxy groups -OCH3 is 1. The molecule has 140 valence electrons. The van der Waals surface area contributed by atoms with Crippen LogP contribution in [0.25, 0.3) is 0 Å². The zero-order chi connectivity index (χ0) is 18.6. The van der Waals surface area contributed by atoms with Gasteiger partial charge in [-0.3, -0.25) is 9.69 Å². The van der Waals surface area contributed by atoms with Crippen molar-refractivity contribution in [1.82, 2.24) is 4.90 Å². The van der Waals surface area contributed by atoms with Crippen LogP contribution in [0.15, 0.2) is 18.2 Å². The van der Waals surface area contributed by atoms with Crippen LogP contribution >= 0.6 is 0 Å². The van der Waals surface area contributed by atoms with Gasteiger partial charge >= 0.3 is 5.97 Å². The molecule has 0 amide bonds. The van der Waals surface area contributed by atoms with Crippen molar-refractivity contribution in [3.05, 3.63) is 23.8 Å². The van der Waals surface area contributed by atoms with Gasteiger partial charge in [0.15, 0.2) is 11.5 Å². The first-order valence-corrected chi connectivity index (χ1v) is 8.78. The van der Waals surface area contributed by atoms with E-state index >= 15 is 0 Å². The molecule has 25 heavy (non-hydrogen) atoms. The zero-order valence-electron chi connectivity index (χ0n) is 15.2. The number of hydrogen-bond donors (Lipinski definition) is 3. The molecular formula is C19H29NO5. The number of piperidine rings is 1. The van der Waals surface area contributed by atoms with E-state index in [0.29, 0.717) is 44.1 Å². The third-order valence-electron chi connectivity index (χ3n) is 5.11. The number of aliphatic carboxylic acids is 1. The highest BCUT2D eigenvalue weighted by Crippen LogP contribution is 2.37. The molecular weight excluding hydrogens is 322 g/mol. The van der Waals surface area contributed by atoms with E-state index in [9.17, 15) is 20.1 Å². The van der Waals surface area contributed by atoms with Crippen molar-refractivity contribution in [2.75, 3.05) is 20.2 Å². The number of phenols is 1. The van der Waals surface area contributed by atoms with E-state index in [1.165, 1.54) is 7.11 Å². The van der Waals surface area contributed by atoms with Crippen LogP contribution < -0.4 is 4.74 Å². The summed E-state index contributed by atoms with van der Waals surface area (Å²) < 4.78 is 5.05. The molecule has 1 aliphatic heterocycles. The van der Waals surface area contributed by atoms with Crippen molar-refractivity contribution in [3.8, 4) is 11.5 Å². The zero-order valence-corrected chi connectivity index (χ0v) is 15.2. The van der Waals surface area contributed by atoms with Gasteiger partial charge in [0.2, 0.25) is 0 Å². The molecule has 0 saturated carbocycles. The minimum Gasteiger partial charge on any atom is -0.504 e. The lowest BCUT2D eigenvalue weighted by molar-refractivity contribution is -0.165. The Labute approximate surface area is 149 Å². The monoisotopic (exact) mass is 351 g/mol. The lowest BCUT2D eigenvalue weighted by Gasteiger charge is -2.43. The number of carboxylic acids is 1. The molecule has 3 N–H and O–H groups in total. The third-order valence-corrected chi connectivity index (χ3v) is 5.11. The number of likely N-dealkylation sites (tertiary alicyclic amines) is 1. The minimum atomic E-state index is -1.13. The van der Waals surface area contributed by atoms with Gasteiger partial charge in [-0.25, -0.2) is 0 Å². The Morgan fingerprint density at radius 2 is 2.16 bits per heavy atom. The molecule has 1 fully saturated rings. The molecule has 0 radical (unpaired) electrons. The summed E-state index contributed by atoms with van der Waals surface area (Å²) in [6, 6.07) is 5.20. The molecule has 0 aromatic heterocycles. The van der Waals surface area contributed by atoms with E-state index < -0.39 is 17.5 Å². The number of hydrogen-bond acceptors (Lipinski definition) is 5. The fourth-order valence-electron chi connectivity index (χ4n) is 3.50. The molecule has 1 heterocycles. The lowest BCUT2D eigenvalue weighted by atomic mass is 9.72. The Morgan fingerprint density at radius 3 is 2.72 bits per heavy atom. The van der Waals surface area contributed by atoms with Crippen LogP contribution in [0.1, 0.15) is 38.7 Å². The lowest BCUT2D eigenvalue weighted by Crippen LogP contribution is -2.55. The standard InChI is InChI=1S/C19H29NO5/c1-13(2)6-8-19(18(23)24)12-20(9-7-17(19)22)11-14-4-5-16(25-3)15(21)10-14/h4-5,10,13,17,21-22H,6-9,11-12H2,1-3H3,(H,23,24)/t17-,19-/m1/s1. The Balaban J connectivity index is 2.14. The highest BCUT2D eigenvalue weighted by atomic mass is 16.5. The summed E-state index contributed by atoms with van der Waals surface area (Å²) in [4.78, 5) is 14.0. The smallest absolute Gasteiger partial charge is 0.313 e. The second kappa shape index (κ2) is 8.06. The second-order valence-electron chi connectivity index (χ2n) is 7.42. The van der Waals surface area contributed by atoms with Crippen molar-refractivity contribution in [3.63, 3.8) is 0 Å². The van der Waals surface area contributed by atoms with Gasteiger partial charge in [0.1, 0.15) is 5.41 Å². The van der Waals surface area contributed by atoms with Crippen molar-refractivity contribution >= 4 is 5.97 Å². The number of aliphatic hydroxyl groups excluding tert-OH is 1. The van der Waals surface area contributed by atoms with Crippen LogP contribution in [0.4, 0.5) is 0 Å². The average molecular weight is 351 g/mol. The number of benzene rings is 1. The molecule has 6 heteroatoms. The number of carboxylic acid groups (broad SMARTS) is 1. The number of aromatic hydroxyl groups is 1. The van der Waals surface area contributed by atoms with Gasteiger partial charge in [0, 0.05) is 19.6 Å². The quantitative estimate of drug-likeness (QED) is 0.699. The Hall–Kier alpha value is -1.79. The molecule has 1 aliphatic rings. The first-order valence-electron chi connectivity index (χ1n) is 8.78. The summed E-state index contributed by atoms with van der Waals surface area (Å²) in [7, 11) is 1.50. The molecule has 2 atom stereocenters. The number of rotatable bonds is 7. The van der Waals surface area contributed by atoms with Gasteiger partial charge in [-0.15, -0.1) is 0 Å². The molecule has 0 unspecified atom stereocenters. The molecule has 0 aliphatic carbocycles. The van der Waals surface area contributed by atoms with E-state index in [-0.39, 0.29) is 5.75 Å². The van der Waals surface area contributed by atoms with Gasteiger partial charge in [0.05, 0.1) is 13.2 Å². The Kier molecular flexibility index (Phi) is 6.30. The summed E-state index contributed by atoms with van der Waals surface area (Å²) in [5.74, 6) is -0.0590. The fraction of sp³-hybridized carbons (Fsp3) is 0.632. The maximum atomic E-state index is 12.0. The summed E-state index contributed by atoms with van der Waals surface area (Å²) in [5, 5.41) is 30.2. The fourth-order valence-corrected chi connectivity index (χ4v) is 3.50. The first kappa shape index (κ1) is 19.5. The van der Waals surface area contributed by atoms with Gasteiger partial charge in [-0.1, -0.05) is 19.9 Å². The van der Waals surface area contributed by atoms with E-state index in [1.807, 2.05) is 11.0 Å². The van der Waals surface area contributed by atoms with Crippen LogP contribution in [0, 0.1) is 11.3 Å². The van der Waals surface area contributed by atoms with Gasteiger partial charge in [-0.05, 0) is 42.9 Å². The van der Waals surface area contributed by atoms with Crippen molar-refractivity contribution in [1.29, 1.82) is 0 Å². The van der Waals surface area contributed by atoms with Crippen LogP contribution in [0.5, 0.6) is 11.5 Å². The van der Waals surface area contributed by atoms with Gasteiger partial charge in [-0.2, -0.15) is 0 Å². The first-order chi connectivity index (χ1) is 11.8. The van der Waals surface area contributed by atoms with Gasteiger partial charge in [0.25, 0.3) is 0 Å². The topological polar surface area (TPSA) is 90.2 Å². The highest BCUT2D eigenvalue weighted by molar-refractivity contribution is 5.76. The van der Waals surface area contributed by atoms with Gasteiger partial charge < -0.3 is 20.1 Å². The van der Waals surface area contributed by atoms with Crippen molar-refractivity contribution in [2.45, 2.75) is 45.8 Å². The Morgan fingerprint density at radius 1 is 1.44 bits per heavy atom. The van der Waals surface area contributed by atoms with Crippen LogP contribution in [-0.4, -0.2) is 52.5 Å². The molecule has 2 rings (SSSR count). The van der Waals surface area contributed by atoms with E-state index in [2.05, 4.69) is 13.8 Å². The second-order valence-corrected chi connectivity index (χ2v) is 7.42. The summed E-state index contributed by atoms with van der Waals surface area (Å²) in [6.07, 6.45) is 0.836. The minimum absolute atomic E-state index is 0.0707. The summed E-state index contributed by atoms with van der Waals surface area (Å²) in [5.41, 5.74) is -0.241. The molecule has 1 aromatic carbocycles. The third kappa shape index (κ3) is 4.44. The normalized spacial score (nSPS) is 24.4. The predicted molar refractivity (Wildman–Crippen MR) is 94.7 cm³/mol. The van der Waals surface area contributed by atoms with Crippen molar-refractivity contribution in [2.24, 2.45) is 11.3 Å². The molecule has 6 nitrogen and oxygen atoms in total. The van der Waals surface area contributed by atoms with Crippen LogP contribution in [0.2, 0.25) is 0 Å². The maximum absolute atomic E-state index is 12.0. The number of aliphatic hydroxyl groups is 1. The number of ether oxygens (including phenoxy) is 1. The van der Waals surface area contributed by atoms with E-state index in [0.717, 1.165) is 12.0 Å². The maximum Gasteiger partial charge on any atom is 0.313 e. The number of phenolic OH excluding ortho intramolecular Hbond substituents is 1. The van der Waals surface area contributed by atoms with Crippen LogP contribution in [-0.2, 0) is 11.3 Å². The van der Waals surface area contributed by atoms with E-state index in [1.54, 1.807) is 12.1 Å². The summed E-state index contributed by atoms with van der Waals surface area (Å²) in [6.45, 7) is 5.58. The molecule has 0 bridgehead atoms. The molecule has 1 aromatic rings. The highest BCUT2D eigenvalue weighted by Gasteiger charge is 2.48. The largest absolute Gasteiger partial charge is 0.504 e. The Bertz CT molecular complexity index is 603. The predicted octanol–water partition coefficient (Wildman–Crippen LogP) is 2.47. The number of nitrogens with zero attached hydrogens (tertiary/aromatic N) is 1. The number of carbonyl (C=O) groups is 1. The average Bonchev–Trinajstić information content (AvgIpc) is 2.55. The van der Waals surface area contributed by atoms with Crippen molar-refractivity contribution < 1.29 is 24.9 Å².